The minimum absolute atomic E-state index is 0.0902. The molecule has 1 aliphatic carbocycles. The van der Waals surface area contributed by atoms with Crippen molar-refractivity contribution in [2.45, 2.75) is 43.9 Å². The Morgan fingerprint density at radius 3 is 2.96 bits per heavy atom. The van der Waals surface area contributed by atoms with Gasteiger partial charge >= 0.3 is 0 Å². The highest BCUT2D eigenvalue weighted by atomic mass is 28.3. The molecule has 4 rings (SSSR count). The van der Waals surface area contributed by atoms with Gasteiger partial charge in [0.25, 0.3) is 0 Å². The van der Waals surface area contributed by atoms with E-state index in [0.29, 0.717) is 26.0 Å². The number of rotatable bonds is 5. The van der Waals surface area contributed by atoms with Gasteiger partial charge in [0.1, 0.15) is 12.5 Å². The van der Waals surface area contributed by atoms with Crippen LogP contribution in [-0.4, -0.2) is 38.8 Å². The average molecular weight is 385 g/mol. The molecular weight excluding hydrogens is 356 g/mol. The summed E-state index contributed by atoms with van der Waals surface area (Å²) in [6, 6.07) is 5.03. The number of carbonyl (C=O) groups is 1. The summed E-state index contributed by atoms with van der Waals surface area (Å²) in [5.74, 6) is 0.833. The first-order valence-electron chi connectivity index (χ1n) is 9.57. The van der Waals surface area contributed by atoms with Gasteiger partial charge in [0.15, 0.2) is 0 Å². The maximum Gasteiger partial charge on any atom is 0.241 e. The second-order valence-electron chi connectivity index (χ2n) is 8.97. The van der Waals surface area contributed by atoms with Crippen LogP contribution in [0.3, 0.4) is 0 Å². The number of allylic oxidation sites excluding steroid dienone is 3. The lowest BCUT2D eigenvalue weighted by Crippen LogP contribution is -2.41. The van der Waals surface area contributed by atoms with E-state index in [1.54, 1.807) is 11.1 Å². The van der Waals surface area contributed by atoms with Crippen LogP contribution < -0.4 is 16.0 Å². The Labute approximate surface area is 161 Å². The van der Waals surface area contributed by atoms with Gasteiger partial charge in [-0.2, -0.15) is 0 Å². The highest BCUT2D eigenvalue weighted by Crippen LogP contribution is 2.52. The van der Waals surface area contributed by atoms with Crippen LogP contribution >= 0.6 is 0 Å². The molecule has 144 valence electrons. The van der Waals surface area contributed by atoms with Crippen molar-refractivity contribution in [1.82, 2.24) is 10.3 Å². The highest BCUT2D eigenvalue weighted by Gasteiger charge is 2.55. The first-order valence-corrected chi connectivity index (χ1v) is 13.3. The lowest BCUT2D eigenvalue weighted by molar-refractivity contribution is -0.124. The summed E-state index contributed by atoms with van der Waals surface area (Å²) in [7, 11) is -1.16. The first kappa shape index (κ1) is 18.2. The van der Waals surface area contributed by atoms with Gasteiger partial charge in [0.05, 0.1) is 12.0 Å². The molecule has 3 heterocycles. The molecule has 0 bridgehead atoms. The second-order valence-corrected chi connectivity index (χ2v) is 14.6. The third-order valence-electron chi connectivity index (χ3n) is 5.65. The van der Waals surface area contributed by atoms with E-state index < -0.39 is 13.5 Å². The molecule has 6 nitrogen and oxygen atoms in total. The van der Waals surface area contributed by atoms with Crippen molar-refractivity contribution in [1.29, 1.82) is 0 Å². The number of carbonyl (C=O) groups excluding carboxylic acids is 1. The predicted molar refractivity (Wildman–Crippen MR) is 109 cm³/mol. The zero-order valence-electron chi connectivity index (χ0n) is 16.3. The lowest BCUT2D eigenvalue weighted by atomic mass is 9.79. The molecule has 1 amide bonds. The molecular formula is C20H28N4O2Si. The Hall–Kier alpha value is -2.12. The van der Waals surface area contributed by atoms with Crippen molar-refractivity contribution in [2.75, 3.05) is 24.8 Å². The number of nitrogens with one attached hydrogen (secondary N) is 1. The van der Waals surface area contributed by atoms with Gasteiger partial charge in [-0.1, -0.05) is 25.7 Å². The van der Waals surface area contributed by atoms with Gasteiger partial charge in [-0.25, -0.2) is 4.98 Å². The number of nitrogens with zero attached hydrogens (tertiary/aromatic N) is 2. The van der Waals surface area contributed by atoms with Gasteiger partial charge in [0.2, 0.25) is 5.91 Å². The minimum Gasteiger partial charge on any atom is -0.401 e. The normalized spacial score (nSPS) is 24.2. The number of dihydropyridines is 1. The molecule has 1 spiro atoms. The van der Waals surface area contributed by atoms with E-state index in [4.69, 9.17) is 10.5 Å². The Morgan fingerprint density at radius 1 is 1.37 bits per heavy atom. The monoisotopic (exact) mass is 384 g/mol. The summed E-state index contributed by atoms with van der Waals surface area (Å²) in [6.07, 6.45) is 5.11. The molecule has 7 heteroatoms. The quantitative estimate of drug-likeness (QED) is 0.602. The van der Waals surface area contributed by atoms with Crippen molar-refractivity contribution in [3.05, 3.63) is 46.9 Å². The topological polar surface area (TPSA) is 80.5 Å². The zero-order chi connectivity index (χ0) is 19.2. The third-order valence-corrected chi connectivity index (χ3v) is 7.36. The van der Waals surface area contributed by atoms with Crippen LogP contribution in [-0.2, 0) is 14.9 Å². The smallest absolute Gasteiger partial charge is 0.241 e. The molecule has 0 radical (unpaired) electrons. The molecule has 0 saturated heterocycles. The summed E-state index contributed by atoms with van der Waals surface area (Å²) in [5.41, 5.74) is 9.51. The predicted octanol–water partition coefficient (Wildman–Crippen LogP) is 2.47. The molecule has 0 fully saturated rings. The SMILES string of the molecule is C[Si](C)(C)CCOCN1C(=O)C2(CC3=C(C2)NCC(N)=C3)c2cccnc21. The van der Waals surface area contributed by atoms with E-state index >= 15 is 0 Å². The number of aromatic nitrogens is 1. The molecule has 1 aromatic heterocycles. The first-order chi connectivity index (χ1) is 12.8. The summed E-state index contributed by atoms with van der Waals surface area (Å²) < 4.78 is 5.90. The van der Waals surface area contributed by atoms with Gasteiger partial charge in [-0.15, -0.1) is 0 Å². The molecule has 27 heavy (non-hydrogen) atoms. The van der Waals surface area contributed by atoms with Crippen LogP contribution in [0.5, 0.6) is 0 Å². The van der Waals surface area contributed by atoms with Gasteiger partial charge in [0, 0.05) is 44.3 Å². The third kappa shape index (κ3) is 3.19. The van der Waals surface area contributed by atoms with Crippen molar-refractivity contribution in [2.24, 2.45) is 5.73 Å². The summed E-state index contributed by atoms with van der Waals surface area (Å²) in [5, 5.41) is 3.39. The van der Waals surface area contributed by atoms with E-state index in [-0.39, 0.29) is 12.6 Å². The summed E-state index contributed by atoms with van der Waals surface area (Å²) in [4.78, 5) is 19.8. The molecule has 1 atom stereocenters. The number of hydrogen-bond donors (Lipinski definition) is 2. The van der Waals surface area contributed by atoms with Crippen LogP contribution in [0.4, 0.5) is 5.82 Å². The van der Waals surface area contributed by atoms with E-state index in [1.807, 2.05) is 18.2 Å². The molecule has 1 aromatic rings. The second kappa shape index (κ2) is 6.49. The number of amides is 1. The maximum absolute atomic E-state index is 13.5. The minimum atomic E-state index is -1.16. The Bertz CT molecular complexity index is 843. The number of pyridine rings is 1. The Balaban J connectivity index is 1.56. The van der Waals surface area contributed by atoms with Gasteiger partial charge in [-0.05, 0) is 30.2 Å². The Kier molecular flexibility index (Phi) is 4.39. The lowest BCUT2D eigenvalue weighted by Gasteiger charge is -2.24. The zero-order valence-corrected chi connectivity index (χ0v) is 17.3. The summed E-state index contributed by atoms with van der Waals surface area (Å²) in [6.45, 7) is 8.57. The standard InChI is InChI=1S/C20H28N4O2Si/c1-27(2,3)8-7-26-13-24-18-16(5-4-6-22-18)20(19(24)25)10-14-9-15(21)12-23-17(14)11-20/h4-6,9,23H,7-8,10-13,21H2,1-3H3. The van der Waals surface area contributed by atoms with E-state index in [0.717, 1.165) is 34.4 Å². The number of nitrogens with two attached hydrogens (primary N) is 1. The fraction of sp³-hybridized carbons (Fsp3) is 0.500. The van der Waals surface area contributed by atoms with Crippen LogP contribution in [0.2, 0.25) is 25.7 Å². The molecule has 3 N–H and O–H groups in total. The largest absolute Gasteiger partial charge is 0.401 e. The van der Waals surface area contributed by atoms with Gasteiger partial charge < -0.3 is 15.8 Å². The van der Waals surface area contributed by atoms with Crippen LogP contribution in [0.15, 0.2) is 41.4 Å². The molecule has 3 aliphatic rings. The maximum atomic E-state index is 13.5. The molecule has 2 aliphatic heterocycles. The molecule has 0 saturated carbocycles. The van der Waals surface area contributed by atoms with Crippen molar-refractivity contribution in [3.8, 4) is 0 Å². The number of ether oxygens (including phenoxy) is 1. The van der Waals surface area contributed by atoms with Crippen molar-refractivity contribution < 1.29 is 9.53 Å². The highest BCUT2D eigenvalue weighted by molar-refractivity contribution is 6.76. The van der Waals surface area contributed by atoms with E-state index in [9.17, 15) is 4.79 Å². The average Bonchev–Trinajstić information content (AvgIpc) is 3.09. The van der Waals surface area contributed by atoms with Crippen LogP contribution in [0.1, 0.15) is 18.4 Å². The Morgan fingerprint density at radius 2 is 2.19 bits per heavy atom. The molecule has 1 unspecified atom stereocenters. The van der Waals surface area contributed by atoms with E-state index in [1.165, 1.54) is 0 Å². The van der Waals surface area contributed by atoms with Gasteiger partial charge in [-0.3, -0.25) is 9.69 Å². The fourth-order valence-corrected chi connectivity index (χ4v) is 4.92. The number of fused-ring (bicyclic) bond motifs is 2. The molecule has 0 aromatic carbocycles. The van der Waals surface area contributed by atoms with Crippen molar-refractivity contribution in [3.63, 3.8) is 0 Å². The number of anilines is 1. The van der Waals surface area contributed by atoms with Crippen LogP contribution in [0, 0.1) is 0 Å². The van der Waals surface area contributed by atoms with E-state index in [2.05, 4.69) is 29.9 Å². The summed E-state index contributed by atoms with van der Waals surface area (Å²) >= 11 is 0. The van der Waals surface area contributed by atoms with Crippen LogP contribution in [0.25, 0.3) is 0 Å². The van der Waals surface area contributed by atoms with Crippen molar-refractivity contribution >= 4 is 19.8 Å². The number of hydrogen-bond acceptors (Lipinski definition) is 5. The fourth-order valence-electron chi connectivity index (χ4n) is 4.16.